The van der Waals surface area contributed by atoms with Gasteiger partial charge in [-0.2, -0.15) is 0 Å². The average Bonchev–Trinajstić information content (AvgIpc) is 2.93. The Hall–Kier alpha value is -1.22. The second-order valence-corrected chi connectivity index (χ2v) is 4.03. The maximum atomic E-state index is 9.55. The highest BCUT2D eigenvalue weighted by atomic mass is 16.3. The Balaban J connectivity index is 2.15. The van der Waals surface area contributed by atoms with Crippen molar-refractivity contribution in [1.82, 2.24) is 0 Å². The molecule has 1 saturated carbocycles. The first-order valence-electron chi connectivity index (χ1n) is 4.94. The zero-order valence-corrected chi connectivity index (χ0v) is 7.98. The molecule has 1 fully saturated rings. The molecule has 0 heterocycles. The number of hydrogen-bond acceptors (Lipinski definition) is 3. The smallest absolute Gasteiger partial charge is 0.120 e. The van der Waals surface area contributed by atoms with Crippen molar-refractivity contribution in [2.45, 2.75) is 25.3 Å². The van der Waals surface area contributed by atoms with Crippen LogP contribution in [0.4, 0.5) is 0 Å². The number of hydrogen-bond donors (Lipinski definition) is 3. The van der Waals surface area contributed by atoms with E-state index in [1.165, 1.54) is 25.0 Å². The molecule has 0 amide bonds. The van der Waals surface area contributed by atoms with E-state index in [1.54, 1.807) is 6.07 Å². The molecule has 0 aromatic heterocycles. The van der Waals surface area contributed by atoms with Gasteiger partial charge in [0, 0.05) is 11.6 Å². The first kappa shape index (κ1) is 9.34. The van der Waals surface area contributed by atoms with Crippen molar-refractivity contribution in [3.8, 4) is 11.5 Å². The highest BCUT2D eigenvalue weighted by molar-refractivity contribution is 5.40. The van der Waals surface area contributed by atoms with Crippen LogP contribution in [0.15, 0.2) is 18.2 Å². The van der Waals surface area contributed by atoms with E-state index in [0.717, 1.165) is 6.42 Å². The van der Waals surface area contributed by atoms with Crippen LogP contribution in [0.2, 0.25) is 0 Å². The van der Waals surface area contributed by atoms with E-state index in [4.69, 9.17) is 5.73 Å². The van der Waals surface area contributed by atoms with Gasteiger partial charge in [0.25, 0.3) is 0 Å². The summed E-state index contributed by atoms with van der Waals surface area (Å²) in [4.78, 5) is 0. The van der Waals surface area contributed by atoms with Gasteiger partial charge in [-0.25, -0.2) is 0 Å². The summed E-state index contributed by atoms with van der Waals surface area (Å²) in [5, 5.41) is 18.8. The van der Waals surface area contributed by atoms with Crippen LogP contribution >= 0.6 is 0 Å². The van der Waals surface area contributed by atoms with E-state index in [1.807, 2.05) is 0 Å². The third-order valence-corrected chi connectivity index (χ3v) is 2.69. The molecule has 1 aromatic carbocycles. The molecule has 0 spiro atoms. The molecule has 14 heavy (non-hydrogen) atoms. The maximum absolute atomic E-state index is 9.55. The van der Waals surface area contributed by atoms with Crippen molar-refractivity contribution >= 4 is 0 Å². The van der Waals surface area contributed by atoms with Crippen LogP contribution in [-0.2, 0) is 0 Å². The molecule has 4 N–H and O–H groups in total. The molecule has 0 aliphatic heterocycles. The number of aromatic hydroxyl groups is 2. The molecular weight excluding hydrogens is 178 g/mol. The number of benzene rings is 1. The number of rotatable bonds is 3. The van der Waals surface area contributed by atoms with Gasteiger partial charge >= 0.3 is 0 Å². The summed E-state index contributed by atoms with van der Waals surface area (Å²) >= 11 is 0. The van der Waals surface area contributed by atoms with Crippen molar-refractivity contribution in [3.63, 3.8) is 0 Å². The lowest BCUT2D eigenvalue weighted by atomic mass is 10.0. The molecule has 1 atom stereocenters. The lowest BCUT2D eigenvalue weighted by Gasteiger charge is -2.13. The molecule has 0 saturated heterocycles. The van der Waals surface area contributed by atoms with Crippen LogP contribution in [0, 0.1) is 5.92 Å². The van der Waals surface area contributed by atoms with Gasteiger partial charge in [-0.15, -0.1) is 0 Å². The lowest BCUT2D eigenvalue weighted by molar-refractivity contribution is 0.443. The van der Waals surface area contributed by atoms with E-state index in [9.17, 15) is 10.2 Å². The Labute approximate surface area is 83.2 Å². The predicted molar refractivity (Wildman–Crippen MR) is 54.0 cm³/mol. The first-order chi connectivity index (χ1) is 6.66. The lowest BCUT2D eigenvalue weighted by Crippen LogP contribution is -2.11. The molecule has 0 bridgehead atoms. The number of nitrogens with two attached hydrogens (primary N) is 1. The SMILES string of the molecule is NC(CC1CC1)c1cc(O)ccc1O. The van der Waals surface area contributed by atoms with E-state index < -0.39 is 0 Å². The molecule has 3 heteroatoms. The molecule has 3 nitrogen and oxygen atoms in total. The Morgan fingerprint density at radius 3 is 2.71 bits per heavy atom. The van der Waals surface area contributed by atoms with E-state index >= 15 is 0 Å². The maximum Gasteiger partial charge on any atom is 0.120 e. The molecule has 0 radical (unpaired) electrons. The van der Waals surface area contributed by atoms with E-state index in [-0.39, 0.29) is 17.5 Å². The van der Waals surface area contributed by atoms with Gasteiger partial charge in [0.05, 0.1) is 0 Å². The third kappa shape index (κ3) is 1.99. The minimum absolute atomic E-state index is 0.157. The van der Waals surface area contributed by atoms with Gasteiger partial charge in [-0.3, -0.25) is 0 Å². The van der Waals surface area contributed by atoms with Crippen molar-refractivity contribution in [2.24, 2.45) is 11.7 Å². The van der Waals surface area contributed by atoms with Crippen LogP contribution in [0.3, 0.4) is 0 Å². The molecule has 1 unspecified atom stereocenters. The van der Waals surface area contributed by atoms with E-state index in [0.29, 0.717) is 11.5 Å². The Kier molecular flexibility index (Phi) is 2.33. The van der Waals surface area contributed by atoms with Crippen molar-refractivity contribution in [1.29, 1.82) is 0 Å². The molecule has 1 aromatic rings. The fourth-order valence-electron chi connectivity index (χ4n) is 1.68. The first-order valence-corrected chi connectivity index (χ1v) is 4.94. The van der Waals surface area contributed by atoms with Crippen molar-refractivity contribution < 1.29 is 10.2 Å². The largest absolute Gasteiger partial charge is 0.508 e. The Morgan fingerprint density at radius 2 is 2.07 bits per heavy atom. The van der Waals surface area contributed by atoms with Gasteiger partial charge in [0.1, 0.15) is 11.5 Å². The molecule has 76 valence electrons. The second kappa shape index (κ2) is 3.50. The Bertz CT molecular complexity index is 334. The van der Waals surface area contributed by atoms with Crippen LogP contribution < -0.4 is 5.73 Å². The van der Waals surface area contributed by atoms with Gasteiger partial charge < -0.3 is 15.9 Å². The summed E-state index contributed by atoms with van der Waals surface area (Å²) in [7, 11) is 0. The summed E-state index contributed by atoms with van der Waals surface area (Å²) in [6.07, 6.45) is 3.39. The summed E-state index contributed by atoms with van der Waals surface area (Å²) in [5.41, 5.74) is 6.58. The topological polar surface area (TPSA) is 66.5 Å². The molecule has 1 aliphatic carbocycles. The highest BCUT2D eigenvalue weighted by Crippen LogP contribution is 2.39. The molecule has 1 aliphatic rings. The van der Waals surface area contributed by atoms with Crippen LogP contribution in [0.5, 0.6) is 11.5 Å². The second-order valence-electron chi connectivity index (χ2n) is 4.03. The average molecular weight is 193 g/mol. The summed E-state index contributed by atoms with van der Waals surface area (Å²) in [6.45, 7) is 0. The van der Waals surface area contributed by atoms with Gasteiger partial charge in [0.2, 0.25) is 0 Å². The third-order valence-electron chi connectivity index (χ3n) is 2.69. The quantitative estimate of drug-likeness (QED) is 0.642. The standard InChI is InChI=1S/C11H15NO2/c12-10(5-7-1-2-7)9-6-8(13)3-4-11(9)14/h3-4,6-7,10,13-14H,1-2,5,12H2. The number of phenols is 2. The predicted octanol–water partition coefficient (Wildman–Crippen LogP) is 1.90. The highest BCUT2D eigenvalue weighted by Gasteiger charge is 2.25. The van der Waals surface area contributed by atoms with E-state index in [2.05, 4.69) is 0 Å². The van der Waals surface area contributed by atoms with Gasteiger partial charge in [0.15, 0.2) is 0 Å². The van der Waals surface area contributed by atoms with Gasteiger partial charge in [-0.1, -0.05) is 12.8 Å². The van der Waals surface area contributed by atoms with Crippen molar-refractivity contribution in [2.75, 3.05) is 0 Å². The van der Waals surface area contributed by atoms with Crippen LogP contribution in [0.1, 0.15) is 30.9 Å². The zero-order valence-electron chi connectivity index (χ0n) is 7.98. The van der Waals surface area contributed by atoms with Crippen LogP contribution in [-0.4, -0.2) is 10.2 Å². The van der Waals surface area contributed by atoms with Crippen molar-refractivity contribution in [3.05, 3.63) is 23.8 Å². The monoisotopic (exact) mass is 193 g/mol. The van der Waals surface area contributed by atoms with Gasteiger partial charge in [-0.05, 0) is 30.5 Å². The Morgan fingerprint density at radius 1 is 1.36 bits per heavy atom. The fourth-order valence-corrected chi connectivity index (χ4v) is 1.68. The molecular formula is C11H15NO2. The zero-order chi connectivity index (χ0) is 10.1. The summed E-state index contributed by atoms with van der Waals surface area (Å²) in [6, 6.07) is 4.33. The number of phenolic OH excluding ortho intramolecular Hbond substituents is 2. The minimum atomic E-state index is -0.158. The summed E-state index contributed by atoms with van der Waals surface area (Å²) in [5.74, 6) is 1.05. The fraction of sp³-hybridized carbons (Fsp3) is 0.455. The normalized spacial score (nSPS) is 18.1. The summed E-state index contributed by atoms with van der Waals surface area (Å²) < 4.78 is 0. The molecule has 2 rings (SSSR count). The van der Waals surface area contributed by atoms with Crippen LogP contribution in [0.25, 0.3) is 0 Å². The minimum Gasteiger partial charge on any atom is -0.508 e.